The van der Waals surface area contributed by atoms with E-state index in [0.717, 1.165) is 15.7 Å². The summed E-state index contributed by atoms with van der Waals surface area (Å²) in [6.07, 6.45) is 1.23. The zero-order chi connectivity index (χ0) is 19.8. The van der Waals surface area contributed by atoms with Crippen LogP contribution in [0.25, 0.3) is 11.3 Å². The fourth-order valence-electron chi connectivity index (χ4n) is 2.81. The summed E-state index contributed by atoms with van der Waals surface area (Å²) in [6.45, 7) is 0. The largest absolute Gasteiger partial charge is 0.503 e. The number of hydrogen-bond acceptors (Lipinski definition) is 8. The predicted molar refractivity (Wildman–Crippen MR) is 111 cm³/mol. The van der Waals surface area contributed by atoms with E-state index in [0.29, 0.717) is 22.3 Å². The molecule has 144 valence electrons. The molecule has 0 bridgehead atoms. The molecule has 0 saturated heterocycles. The summed E-state index contributed by atoms with van der Waals surface area (Å²) in [5, 5.41) is 22.5. The first-order valence-electron chi connectivity index (χ1n) is 8.08. The summed E-state index contributed by atoms with van der Waals surface area (Å²) in [5.41, 5.74) is 2.78. The van der Waals surface area contributed by atoms with Gasteiger partial charge < -0.3 is 19.9 Å². The Kier molecular flexibility index (Phi) is 5.22. The maximum absolute atomic E-state index is 10.0. The van der Waals surface area contributed by atoms with Crippen molar-refractivity contribution >= 4 is 45.0 Å². The highest BCUT2D eigenvalue weighted by atomic mass is 79.9. The molecule has 0 saturated carbocycles. The van der Waals surface area contributed by atoms with Crippen LogP contribution < -0.4 is 14.8 Å². The Morgan fingerprint density at radius 3 is 2.86 bits per heavy atom. The van der Waals surface area contributed by atoms with Crippen LogP contribution in [0, 0.1) is 0 Å². The lowest BCUT2D eigenvalue weighted by atomic mass is 10.1. The molecule has 0 amide bonds. The molecule has 7 nitrogen and oxygen atoms in total. The molecule has 3 aromatic rings. The predicted octanol–water partition coefficient (Wildman–Crippen LogP) is 4.89. The first-order chi connectivity index (χ1) is 13.5. The van der Waals surface area contributed by atoms with Crippen molar-refractivity contribution in [2.24, 2.45) is 0 Å². The second-order valence-corrected chi connectivity index (χ2v) is 7.93. The van der Waals surface area contributed by atoms with Gasteiger partial charge in [-0.05, 0) is 36.6 Å². The molecule has 10 heteroatoms. The number of benzene rings is 2. The summed E-state index contributed by atoms with van der Waals surface area (Å²) >= 11 is 11.0. The van der Waals surface area contributed by atoms with Crippen LogP contribution in [0.4, 0.5) is 5.69 Å². The SMILES string of the molecule is COc1cc([C@@H]2Nc3ccc(Br)cc3-c3nnc(SC)nc3O2)cc(Cl)c1O. The van der Waals surface area contributed by atoms with Crippen molar-refractivity contribution in [1.82, 2.24) is 15.2 Å². The standard InChI is InChI=1S/C18H14BrClN4O3S/c1-26-13-6-8(5-11(20)15(13)25)16-21-12-4-3-9(19)7-10(12)14-17(27-16)22-18(28-2)24-23-14/h3-7,16,21,25H,1-2H3/t16-/m1/s1. The van der Waals surface area contributed by atoms with Gasteiger partial charge in [0.2, 0.25) is 11.0 Å². The third-order valence-electron chi connectivity index (χ3n) is 4.14. The second kappa shape index (κ2) is 7.65. The Morgan fingerprint density at radius 1 is 1.29 bits per heavy atom. The summed E-state index contributed by atoms with van der Waals surface area (Å²) in [7, 11) is 1.46. The van der Waals surface area contributed by atoms with Crippen molar-refractivity contribution in [3.05, 3.63) is 45.4 Å². The van der Waals surface area contributed by atoms with Gasteiger partial charge in [-0.2, -0.15) is 4.98 Å². The number of phenolic OH excluding ortho intramolecular Hbond substituents is 1. The molecule has 1 atom stereocenters. The van der Waals surface area contributed by atoms with Gasteiger partial charge in [-0.3, -0.25) is 0 Å². The van der Waals surface area contributed by atoms with E-state index in [9.17, 15) is 5.11 Å². The van der Waals surface area contributed by atoms with E-state index >= 15 is 0 Å². The van der Waals surface area contributed by atoms with Crippen LogP contribution in [0.3, 0.4) is 0 Å². The zero-order valence-electron chi connectivity index (χ0n) is 14.7. The first kappa shape index (κ1) is 19.1. The number of aromatic nitrogens is 3. The maximum Gasteiger partial charge on any atom is 0.247 e. The number of thioether (sulfide) groups is 1. The molecule has 2 N–H and O–H groups in total. The number of rotatable bonds is 3. The number of aromatic hydroxyl groups is 1. The van der Waals surface area contributed by atoms with Gasteiger partial charge in [-0.1, -0.05) is 39.3 Å². The molecule has 1 aliphatic rings. The average molecular weight is 482 g/mol. The van der Waals surface area contributed by atoms with Crippen LogP contribution in [0.5, 0.6) is 17.4 Å². The number of nitrogens with zero attached hydrogens (tertiary/aromatic N) is 3. The fraction of sp³-hybridized carbons (Fsp3) is 0.167. The van der Waals surface area contributed by atoms with E-state index in [1.807, 2.05) is 24.5 Å². The zero-order valence-corrected chi connectivity index (χ0v) is 17.9. The van der Waals surface area contributed by atoms with Crippen molar-refractivity contribution in [2.45, 2.75) is 11.4 Å². The highest BCUT2D eigenvalue weighted by Gasteiger charge is 2.27. The molecule has 0 radical (unpaired) electrons. The third kappa shape index (κ3) is 3.45. The Labute approximate surface area is 178 Å². The number of fused-ring (bicyclic) bond motifs is 3. The fourth-order valence-corrected chi connectivity index (χ4v) is 3.69. The lowest BCUT2D eigenvalue weighted by Gasteiger charge is -2.20. The van der Waals surface area contributed by atoms with Crippen LogP contribution >= 0.6 is 39.3 Å². The van der Waals surface area contributed by atoms with Gasteiger partial charge in [0.15, 0.2) is 23.4 Å². The topological polar surface area (TPSA) is 89.4 Å². The Morgan fingerprint density at radius 2 is 2.11 bits per heavy atom. The average Bonchev–Trinajstić information content (AvgIpc) is 2.86. The van der Waals surface area contributed by atoms with E-state index < -0.39 is 6.23 Å². The molecule has 0 spiro atoms. The Hall–Kier alpha value is -2.23. The Bertz CT molecular complexity index is 1070. The molecule has 0 unspecified atom stereocenters. The monoisotopic (exact) mass is 480 g/mol. The van der Waals surface area contributed by atoms with Crippen molar-refractivity contribution in [3.63, 3.8) is 0 Å². The normalized spacial score (nSPS) is 14.9. The highest BCUT2D eigenvalue weighted by molar-refractivity contribution is 9.10. The minimum absolute atomic E-state index is 0.125. The number of halogens is 2. The molecule has 1 aromatic heterocycles. The van der Waals surface area contributed by atoms with Crippen LogP contribution in [0.1, 0.15) is 11.8 Å². The van der Waals surface area contributed by atoms with Crippen molar-refractivity contribution in [1.29, 1.82) is 0 Å². The lowest BCUT2D eigenvalue weighted by molar-refractivity contribution is 0.224. The summed E-state index contributed by atoms with van der Waals surface area (Å²) in [6, 6.07) is 9.02. The smallest absolute Gasteiger partial charge is 0.247 e. The summed E-state index contributed by atoms with van der Waals surface area (Å²) < 4.78 is 12.3. The number of phenols is 1. The molecule has 2 aromatic carbocycles. The first-order valence-corrected chi connectivity index (χ1v) is 10.5. The van der Waals surface area contributed by atoms with Crippen LogP contribution in [-0.4, -0.2) is 33.7 Å². The molecule has 2 heterocycles. The van der Waals surface area contributed by atoms with E-state index in [-0.39, 0.29) is 16.5 Å². The van der Waals surface area contributed by atoms with Gasteiger partial charge in [0.05, 0.1) is 12.1 Å². The van der Waals surface area contributed by atoms with E-state index in [2.05, 4.69) is 36.4 Å². The third-order valence-corrected chi connectivity index (χ3v) is 5.46. The molecule has 28 heavy (non-hydrogen) atoms. The molecule has 4 rings (SSSR count). The molecular formula is C18H14BrClN4O3S. The second-order valence-electron chi connectivity index (χ2n) is 5.84. The van der Waals surface area contributed by atoms with Gasteiger partial charge in [0.25, 0.3) is 0 Å². The van der Waals surface area contributed by atoms with Gasteiger partial charge in [0.1, 0.15) is 0 Å². The van der Waals surface area contributed by atoms with E-state index in [4.69, 9.17) is 21.1 Å². The number of nitrogens with one attached hydrogen (secondary N) is 1. The van der Waals surface area contributed by atoms with E-state index in [1.54, 1.807) is 12.1 Å². The molecule has 0 aliphatic carbocycles. The van der Waals surface area contributed by atoms with Gasteiger partial charge >= 0.3 is 0 Å². The minimum Gasteiger partial charge on any atom is -0.503 e. The highest BCUT2D eigenvalue weighted by Crippen LogP contribution is 2.43. The lowest BCUT2D eigenvalue weighted by Crippen LogP contribution is -2.17. The number of anilines is 1. The minimum atomic E-state index is -0.639. The van der Waals surface area contributed by atoms with Crippen molar-refractivity contribution in [2.75, 3.05) is 18.7 Å². The van der Waals surface area contributed by atoms with Crippen molar-refractivity contribution < 1.29 is 14.6 Å². The summed E-state index contributed by atoms with van der Waals surface area (Å²) in [4.78, 5) is 4.48. The van der Waals surface area contributed by atoms with Crippen LogP contribution in [0.2, 0.25) is 5.02 Å². The number of hydrogen-bond donors (Lipinski definition) is 2. The molecule has 1 aliphatic heterocycles. The van der Waals surface area contributed by atoms with Gasteiger partial charge in [-0.25, -0.2) is 0 Å². The maximum atomic E-state index is 10.0. The van der Waals surface area contributed by atoms with Gasteiger partial charge in [0, 0.05) is 21.3 Å². The van der Waals surface area contributed by atoms with E-state index in [1.165, 1.54) is 18.9 Å². The number of ether oxygens (including phenoxy) is 2. The van der Waals surface area contributed by atoms with Gasteiger partial charge in [-0.15, -0.1) is 10.2 Å². The Balaban J connectivity index is 1.88. The summed E-state index contributed by atoms with van der Waals surface area (Å²) in [5.74, 6) is 0.468. The van der Waals surface area contributed by atoms with Crippen molar-refractivity contribution in [3.8, 4) is 28.6 Å². The van der Waals surface area contributed by atoms with Crippen LogP contribution in [-0.2, 0) is 0 Å². The van der Waals surface area contributed by atoms with Crippen LogP contribution in [0.15, 0.2) is 40.0 Å². The molecule has 0 fully saturated rings. The molecular weight excluding hydrogens is 468 g/mol. The quantitative estimate of drug-likeness (QED) is 0.511. The number of methoxy groups -OCH3 is 1.